The summed E-state index contributed by atoms with van der Waals surface area (Å²) in [6.45, 7) is 15.0. The van der Waals surface area contributed by atoms with E-state index in [0.29, 0.717) is 11.4 Å². The van der Waals surface area contributed by atoms with Gasteiger partial charge in [0.15, 0.2) is 0 Å². The molecule has 1 aliphatic carbocycles. The van der Waals surface area contributed by atoms with Crippen molar-refractivity contribution in [1.82, 2.24) is 4.31 Å². The molecule has 0 spiro atoms. The van der Waals surface area contributed by atoms with Gasteiger partial charge in [-0.2, -0.15) is 4.31 Å². The molecule has 0 unspecified atom stereocenters. The van der Waals surface area contributed by atoms with E-state index in [0.717, 1.165) is 39.2 Å². The molecule has 3 aromatic rings. The van der Waals surface area contributed by atoms with Crippen molar-refractivity contribution in [3.05, 3.63) is 95.0 Å². The Hall–Kier alpha value is -2.63. The molecule has 0 bridgehead atoms. The van der Waals surface area contributed by atoms with Crippen LogP contribution in [-0.4, -0.2) is 25.3 Å². The number of hydrogen-bond acceptors (Lipinski definition) is 3. The summed E-state index contributed by atoms with van der Waals surface area (Å²) in [5.41, 5.74) is 5.87. The molecule has 4 atom stereocenters. The monoisotopic (exact) mass is 475 g/mol. The fourth-order valence-corrected chi connectivity index (χ4v) is 8.84. The van der Waals surface area contributed by atoms with Crippen LogP contribution in [0.5, 0.6) is 0 Å². The third-order valence-corrected chi connectivity index (χ3v) is 9.89. The number of hydrogen-bond donors (Lipinski definition) is 0. The smallest absolute Gasteiger partial charge is 0.243 e. The fraction of sp³-hybridized carbons (Fsp3) is 0.379. The molecule has 34 heavy (non-hydrogen) atoms. The zero-order valence-electron chi connectivity index (χ0n) is 20.6. The average molecular weight is 476 g/mol. The molecule has 0 amide bonds. The van der Waals surface area contributed by atoms with Gasteiger partial charge in [0, 0.05) is 30.0 Å². The van der Waals surface area contributed by atoms with Crippen molar-refractivity contribution >= 4 is 15.6 Å². The maximum absolute atomic E-state index is 14.3. The predicted octanol–water partition coefficient (Wildman–Crippen LogP) is 6.33. The highest BCUT2D eigenvalue weighted by Crippen LogP contribution is 2.56. The van der Waals surface area contributed by atoms with Crippen molar-refractivity contribution in [2.45, 2.75) is 51.5 Å². The molecule has 5 heteroatoms. The summed E-state index contributed by atoms with van der Waals surface area (Å²) in [5, 5.41) is 0. The van der Waals surface area contributed by atoms with E-state index in [1.54, 1.807) is 10.6 Å². The molecule has 5 rings (SSSR count). The van der Waals surface area contributed by atoms with Crippen molar-refractivity contribution in [3.8, 4) is 0 Å². The second-order valence-electron chi connectivity index (χ2n) is 10.3. The molecule has 4 nitrogen and oxygen atoms in total. The molecule has 0 N–H and O–H groups in total. The first-order chi connectivity index (χ1) is 16.1. The van der Waals surface area contributed by atoms with Crippen LogP contribution in [0.4, 0.5) is 0 Å². The van der Waals surface area contributed by atoms with Gasteiger partial charge in [-0.05, 0) is 60.9 Å². The van der Waals surface area contributed by atoms with Crippen molar-refractivity contribution in [1.29, 1.82) is 0 Å². The van der Waals surface area contributed by atoms with Gasteiger partial charge in [-0.3, -0.25) is 0 Å². The lowest BCUT2D eigenvalue weighted by Gasteiger charge is -2.37. The summed E-state index contributed by atoms with van der Waals surface area (Å²) in [6, 6.07) is 16.1. The van der Waals surface area contributed by atoms with E-state index in [1.807, 2.05) is 57.2 Å². The summed E-state index contributed by atoms with van der Waals surface area (Å²) < 4.78 is 36.4. The number of nitrogens with zero attached hydrogens (tertiary/aromatic N) is 1. The minimum absolute atomic E-state index is 0.0108. The molecule has 1 saturated heterocycles. The highest BCUT2D eigenvalue weighted by molar-refractivity contribution is 7.89. The van der Waals surface area contributed by atoms with Gasteiger partial charge in [-0.1, -0.05) is 68.5 Å². The summed E-state index contributed by atoms with van der Waals surface area (Å²) in [6.07, 6.45) is 1.74. The van der Waals surface area contributed by atoms with E-state index in [1.165, 1.54) is 0 Å². The molecule has 0 radical (unpaired) electrons. The van der Waals surface area contributed by atoms with E-state index >= 15 is 0 Å². The first-order valence-electron chi connectivity index (χ1n) is 12.0. The average Bonchev–Trinajstić information content (AvgIpc) is 3.40. The zero-order valence-corrected chi connectivity index (χ0v) is 21.4. The molecule has 1 fully saturated rings. The standard InChI is InChI=1S/C29H33NO3S/c1-17(2)27-25-21(6)23-12-13-33-28(23)26(22-10-8-7-9-11-22)24(25)16-30(27)34(31,32)29-19(4)14-18(3)15-20(29)5/h7-15,17,24-27H,6,16H2,1-5H3/t24-,25+,26+,27-/m0/s1. The van der Waals surface area contributed by atoms with Crippen molar-refractivity contribution in [2.75, 3.05) is 6.54 Å². The Morgan fingerprint density at radius 2 is 1.68 bits per heavy atom. The normalized spacial score (nSPS) is 24.9. The van der Waals surface area contributed by atoms with Gasteiger partial charge in [-0.15, -0.1) is 0 Å². The molecular weight excluding hydrogens is 442 g/mol. The van der Waals surface area contributed by atoms with Crippen molar-refractivity contribution in [3.63, 3.8) is 0 Å². The summed E-state index contributed by atoms with van der Waals surface area (Å²) >= 11 is 0. The van der Waals surface area contributed by atoms with Crippen LogP contribution >= 0.6 is 0 Å². The topological polar surface area (TPSA) is 50.5 Å². The van der Waals surface area contributed by atoms with Crippen LogP contribution in [0.1, 0.15) is 53.3 Å². The number of fused-ring (bicyclic) bond motifs is 2. The van der Waals surface area contributed by atoms with Crippen LogP contribution in [0.2, 0.25) is 0 Å². The van der Waals surface area contributed by atoms with Gasteiger partial charge in [0.2, 0.25) is 10.0 Å². The fourth-order valence-electron chi connectivity index (χ4n) is 6.61. The van der Waals surface area contributed by atoms with Crippen LogP contribution in [0.15, 0.2) is 70.7 Å². The lowest BCUT2D eigenvalue weighted by molar-refractivity contribution is 0.281. The van der Waals surface area contributed by atoms with E-state index in [2.05, 4.69) is 32.6 Å². The zero-order chi connectivity index (χ0) is 24.4. The van der Waals surface area contributed by atoms with Gasteiger partial charge in [-0.25, -0.2) is 8.42 Å². The summed E-state index contributed by atoms with van der Waals surface area (Å²) in [7, 11) is -3.71. The largest absolute Gasteiger partial charge is 0.468 e. The van der Waals surface area contributed by atoms with Crippen molar-refractivity contribution < 1.29 is 12.8 Å². The molecule has 178 valence electrons. The SMILES string of the molecule is C=C1c2ccoc2[C@H](c2ccccc2)[C@H]2CN(S(=O)(=O)c3c(C)cc(C)cc3C)[C@@H](C(C)C)[C@H]12. The lowest BCUT2D eigenvalue weighted by atomic mass is 9.66. The lowest BCUT2D eigenvalue weighted by Crippen LogP contribution is -2.42. The molecule has 2 aromatic carbocycles. The Bertz CT molecular complexity index is 1330. The number of rotatable bonds is 4. The number of benzene rings is 2. The minimum atomic E-state index is -3.71. The van der Waals surface area contributed by atoms with E-state index in [4.69, 9.17) is 4.42 Å². The highest BCUT2D eigenvalue weighted by Gasteiger charge is 2.55. The molecular formula is C29H33NO3S. The Kier molecular flexibility index (Phi) is 5.61. The second kappa shape index (κ2) is 8.24. The van der Waals surface area contributed by atoms with Crippen LogP contribution in [0, 0.1) is 38.5 Å². The van der Waals surface area contributed by atoms with Gasteiger partial charge in [0.25, 0.3) is 0 Å². The first kappa shape index (κ1) is 23.1. The maximum atomic E-state index is 14.3. The summed E-state index contributed by atoms with van der Waals surface area (Å²) in [4.78, 5) is 0.445. The Morgan fingerprint density at radius 3 is 2.29 bits per heavy atom. The van der Waals surface area contributed by atoms with Gasteiger partial charge < -0.3 is 4.42 Å². The van der Waals surface area contributed by atoms with E-state index in [9.17, 15) is 8.42 Å². The molecule has 1 aliphatic heterocycles. The third-order valence-electron chi connectivity index (χ3n) is 7.72. The number of aryl methyl sites for hydroxylation is 3. The molecule has 2 heterocycles. The third kappa shape index (κ3) is 3.40. The van der Waals surface area contributed by atoms with Gasteiger partial charge >= 0.3 is 0 Å². The van der Waals surface area contributed by atoms with Gasteiger partial charge in [0.05, 0.1) is 11.2 Å². The van der Waals surface area contributed by atoms with Crippen LogP contribution in [-0.2, 0) is 10.0 Å². The number of sulfonamides is 1. The minimum Gasteiger partial charge on any atom is -0.468 e. The Labute approximate surface area is 203 Å². The number of furan rings is 1. The van der Waals surface area contributed by atoms with E-state index in [-0.39, 0.29) is 29.7 Å². The first-order valence-corrected chi connectivity index (χ1v) is 13.5. The van der Waals surface area contributed by atoms with Gasteiger partial charge in [0.1, 0.15) is 5.76 Å². The van der Waals surface area contributed by atoms with E-state index < -0.39 is 10.0 Å². The second-order valence-corrected chi connectivity index (χ2v) is 12.2. The van der Waals surface area contributed by atoms with Crippen LogP contribution in [0.3, 0.4) is 0 Å². The molecule has 1 aromatic heterocycles. The van der Waals surface area contributed by atoms with Crippen molar-refractivity contribution in [2.24, 2.45) is 17.8 Å². The maximum Gasteiger partial charge on any atom is 0.243 e. The highest BCUT2D eigenvalue weighted by atomic mass is 32.2. The molecule has 2 aliphatic rings. The van der Waals surface area contributed by atoms with Crippen LogP contribution in [0.25, 0.3) is 5.57 Å². The summed E-state index contributed by atoms with van der Waals surface area (Å²) in [5.74, 6) is 1.11. The Morgan fingerprint density at radius 1 is 1.03 bits per heavy atom. The Balaban J connectivity index is 1.68. The molecule has 0 saturated carbocycles. The van der Waals surface area contributed by atoms with Crippen LogP contribution < -0.4 is 0 Å². The quantitative estimate of drug-likeness (QED) is 0.443. The predicted molar refractivity (Wildman–Crippen MR) is 136 cm³/mol.